The zero-order valence-corrected chi connectivity index (χ0v) is 16.0. The van der Waals surface area contributed by atoms with Crippen LogP contribution in [0.25, 0.3) is 0 Å². The molecule has 0 aliphatic rings. The van der Waals surface area contributed by atoms with Crippen LogP contribution in [0.5, 0.6) is 0 Å². The van der Waals surface area contributed by atoms with E-state index in [1.165, 1.54) is 13.4 Å². The summed E-state index contributed by atoms with van der Waals surface area (Å²) in [7, 11) is 1.32. The molecule has 0 aliphatic carbocycles. The fourth-order valence-electron chi connectivity index (χ4n) is 2.33. The highest BCUT2D eigenvalue weighted by Crippen LogP contribution is 2.08. The number of nitrogens with one attached hydrogen (secondary N) is 2. The van der Waals surface area contributed by atoms with Crippen LogP contribution >= 0.6 is 11.8 Å². The molecule has 0 radical (unpaired) electrons. The molecule has 1 heterocycles. The Balaban J connectivity index is 1.94. The monoisotopic (exact) mass is 390 g/mol. The Labute approximate surface area is 161 Å². The van der Waals surface area contributed by atoms with Gasteiger partial charge in [0.15, 0.2) is 5.76 Å². The van der Waals surface area contributed by atoms with E-state index in [2.05, 4.69) is 15.4 Å². The van der Waals surface area contributed by atoms with Crippen LogP contribution in [-0.4, -0.2) is 42.9 Å². The van der Waals surface area contributed by atoms with E-state index in [0.29, 0.717) is 12.0 Å². The molecule has 0 saturated carbocycles. The Morgan fingerprint density at radius 3 is 2.52 bits per heavy atom. The average molecular weight is 390 g/mol. The minimum absolute atomic E-state index is 0.162. The van der Waals surface area contributed by atoms with Gasteiger partial charge in [-0.2, -0.15) is 11.8 Å². The fourth-order valence-corrected chi connectivity index (χ4v) is 2.80. The Bertz CT molecular complexity index is 759. The van der Waals surface area contributed by atoms with E-state index in [1.807, 2.05) is 6.26 Å². The van der Waals surface area contributed by atoms with Crippen molar-refractivity contribution in [3.05, 3.63) is 59.5 Å². The molecule has 27 heavy (non-hydrogen) atoms. The molecule has 1 atom stereocenters. The van der Waals surface area contributed by atoms with E-state index in [0.717, 1.165) is 11.3 Å². The topological polar surface area (TPSA) is 97.6 Å². The second-order valence-corrected chi connectivity index (χ2v) is 6.68. The summed E-state index contributed by atoms with van der Waals surface area (Å²) < 4.78 is 9.72. The van der Waals surface area contributed by atoms with Crippen molar-refractivity contribution < 1.29 is 23.5 Å². The fraction of sp³-hybridized carbons (Fsp3) is 0.316. The van der Waals surface area contributed by atoms with Gasteiger partial charge in [0.1, 0.15) is 6.04 Å². The number of thioether (sulfide) groups is 1. The van der Waals surface area contributed by atoms with Crippen molar-refractivity contribution in [1.29, 1.82) is 0 Å². The maximum Gasteiger partial charge on any atom is 0.337 e. The highest BCUT2D eigenvalue weighted by molar-refractivity contribution is 7.98. The Morgan fingerprint density at radius 2 is 1.93 bits per heavy atom. The van der Waals surface area contributed by atoms with Gasteiger partial charge in [0, 0.05) is 6.54 Å². The van der Waals surface area contributed by atoms with Crippen LogP contribution in [0, 0.1) is 0 Å². The van der Waals surface area contributed by atoms with Gasteiger partial charge in [-0.3, -0.25) is 9.59 Å². The van der Waals surface area contributed by atoms with Crippen LogP contribution in [0.2, 0.25) is 0 Å². The van der Waals surface area contributed by atoms with Crippen molar-refractivity contribution in [3.63, 3.8) is 0 Å². The number of methoxy groups -OCH3 is 1. The Kier molecular flexibility index (Phi) is 7.94. The lowest BCUT2D eigenvalue weighted by Gasteiger charge is -2.17. The molecule has 0 bridgehead atoms. The first-order valence-corrected chi connectivity index (χ1v) is 9.72. The maximum absolute atomic E-state index is 12.5. The zero-order chi connectivity index (χ0) is 19.6. The van der Waals surface area contributed by atoms with Crippen molar-refractivity contribution in [2.45, 2.75) is 19.0 Å². The number of esters is 1. The minimum atomic E-state index is -0.663. The van der Waals surface area contributed by atoms with E-state index < -0.39 is 17.9 Å². The molecular formula is C19H22N2O5S. The van der Waals surface area contributed by atoms with E-state index in [-0.39, 0.29) is 18.2 Å². The summed E-state index contributed by atoms with van der Waals surface area (Å²) >= 11 is 1.59. The summed E-state index contributed by atoms with van der Waals surface area (Å²) in [6.07, 6.45) is 3.84. The Morgan fingerprint density at radius 1 is 1.19 bits per heavy atom. The normalized spacial score (nSPS) is 11.5. The number of carbonyl (C=O) groups is 3. The number of ether oxygens (including phenoxy) is 1. The maximum atomic E-state index is 12.5. The summed E-state index contributed by atoms with van der Waals surface area (Å²) in [5.41, 5.74) is 1.27. The molecule has 0 spiro atoms. The van der Waals surface area contributed by atoms with Crippen LogP contribution in [0.1, 0.15) is 32.9 Å². The molecule has 1 aromatic carbocycles. The van der Waals surface area contributed by atoms with Gasteiger partial charge in [-0.15, -0.1) is 0 Å². The smallest absolute Gasteiger partial charge is 0.337 e. The predicted molar refractivity (Wildman–Crippen MR) is 103 cm³/mol. The number of amides is 2. The number of hydrogen-bond acceptors (Lipinski definition) is 6. The summed E-state index contributed by atoms with van der Waals surface area (Å²) in [5.74, 6) is -0.229. The van der Waals surface area contributed by atoms with Crippen LogP contribution in [-0.2, 0) is 16.1 Å². The first kappa shape index (κ1) is 20.6. The van der Waals surface area contributed by atoms with E-state index in [1.54, 1.807) is 48.2 Å². The third kappa shape index (κ3) is 6.18. The molecule has 7 nitrogen and oxygen atoms in total. The molecule has 1 unspecified atom stereocenters. The third-order valence-electron chi connectivity index (χ3n) is 3.82. The third-order valence-corrected chi connectivity index (χ3v) is 4.46. The number of carbonyl (C=O) groups excluding carboxylic acids is 3. The van der Waals surface area contributed by atoms with Crippen LogP contribution in [0.3, 0.4) is 0 Å². The standard InChI is InChI=1S/C19H22N2O5S/c1-25-19(24)14-7-5-13(6-8-14)12-20-17(22)15(9-11-27-2)21-18(23)16-4-3-10-26-16/h3-8,10,15H,9,11-12H2,1-2H3,(H,20,22)(H,21,23). The minimum Gasteiger partial charge on any atom is -0.465 e. The van der Waals surface area contributed by atoms with Gasteiger partial charge in [-0.1, -0.05) is 12.1 Å². The van der Waals surface area contributed by atoms with E-state index in [9.17, 15) is 14.4 Å². The van der Waals surface area contributed by atoms with Crippen LogP contribution in [0.4, 0.5) is 0 Å². The summed E-state index contributed by atoms with van der Waals surface area (Å²) in [6, 6.07) is 9.25. The first-order chi connectivity index (χ1) is 13.0. The Hall–Kier alpha value is -2.74. The molecule has 0 aliphatic heterocycles. The molecule has 2 aromatic rings. The predicted octanol–water partition coefficient (Wildman–Crippen LogP) is 2.23. The quantitative estimate of drug-likeness (QED) is 0.637. The summed E-state index contributed by atoms with van der Waals surface area (Å²) in [5, 5.41) is 5.51. The van der Waals surface area contributed by atoms with Gasteiger partial charge in [0.05, 0.1) is 18.9 Å². The van der Waals surface area contributed by atoms with Crippen LogP contribution < -0.4 is 10.6 Å². The number of furan rings is 1. The molecule has 2 rings (SSSR count). The van der Waals surface area contributed by atoms with Gasteiger partial charge < -0.3 is 19.8 Å². The highest BCUT2D eigenvalue weighted by Gasteiger charge is 2.22. The van der Waals surface area contributed by atoms with Crippen LogP contribution in [0.15, 0.2) is 47.1 Å². The lowest BCUT2D eigenvalue weighted by Crippen LogP contribution is -2.46. The summed E-state index contributed by atoms with van der Waals surface area (Å²) in [6.45, 7) is 0.284. The molecule has 0 saturated heterocycles. The van der Waals surface area contributed by atoms with Crippen molar-refractivity contribution in [2.75, 3.05) is 19.1 Å². The van der Waals surface area contributed by atoms with Gasteiger partial charge in [-0.05, 0) is 48.3 Å². The molecule has 144 valence electrons. The second-order valence-electron chi connectivity index (χ2n) is 5.69. The number of rotatable bonds is 9. The van der Waals surface area contributed by atoms with Gasteiger partial charge in [0.25, 0.3) is 5.91 Å². The molecule has 2 N–H and O–H groups in total. The highest BCUT2D eigenvalue weighted by atomic mass is 32.2. The van der Waals surface area contributed by atoms with Crippen molar-refractivity contribution in [1.82, 2.24) is 10.6 Å². The summed E-state index contributed by atoms with van der Waals surface area (Å²) in [4.78, 5) is 36.1. The largest absolute Gasteiger partial charge is 0.465 e. The van der Waals surface area contributed by atoms with Gasteiger partial charge in [-0.25, -0.2) is 4.79 Å². The lowest BCUT2D eigenvalue weighted by atomic mass is 10.1. The molecular weight excluding hydrogens is 368 g/mol. The van der Waals surface area contributed by atoms with Gasteiger partial charge in [0.2, 0.25) is 5.91 Å². The van der Waals surface area contributed by atoms with E-state index in [4.69, 9.17) is 4.42 Å². The van der Waals surface area contributed by atoms with Crippen molar-refractivity contribution in [2.24, 2.45) is 0 Å². The molecule has 0 fully saturated rings. The SMILES string of the molecule is COC(=O)c1ccc(CNC(=O)C(CCSC)NC(=O)c2ccco2)cc1. The molecule has 2 amide bonds. The zero-order valence-electron chi connectivity index (χ0n) is 15.2. The number of benzene rings is 1. The van der Waals surface area contributed by atoms with Gasteiger partial charge >= 0.3 is 5.97 Å². The first-order valence-electron chi connectivity index (χ1n) is 8.33. The van der Waals surface area contributed by atoms with Crippen molar-refractivity contribution in [3.8, 4) is 0 Å². The lowest BCUT2D eigenvalue weighted by molar-refractivity contribution is -0.123. The second kappa shape index (κ2) is 10.4. The molecule has 8 heteroatoms. The van der Waals surface area contributed by atoms with E-state index >= 15 is 0 Å². The average Bonchev–Trinajstić information content (AvgIpc) is 3.24. The van der Waals surface area contributed by atoms with Crippen molar-refractivity contribution >= 4 is 29.5 Å². The number of hydrogen-bond donors (Lipinski definition) is 2. The molecule has 1 aromatic heterocycles.